The van der Waals surface area contributed by atoms with Crippen molar-refractivity contribution >= 4 is 0 Å². The Morgan fingerprint density at radius 1 is 1.16 bits per heavy atom. The highest BCUT2D eigenvalue weighted by molar-refractivity contribution is 5.31. The van der Waals surface area contributed by atoms with E-state index in [4.69, 9.17) is 4.98 Å². The number of aromatic amines is 2. The van der Waals surface area contributed by atoms with E-state index in [1.54, 1.807) is 12.7 Å². The topological polar surface area (TPSA) is 86.4 Å². The maximum Gasteiger partial charge on any atom is 0.131 e. The van der Waals surface area contributed by atoms with E-state index < -0.39 is 0 Å². The minimum absolute atomic E-state index is 0.0405. The monoisotopic (exact) mass is 337 g/mol. The van der Waals surface area contributed by atoms with Crippen LogP contribution in [0.4, 0.5) is 0 Å². The smallest absolute Gasteiger partial charge is 0.131 e. The molecule has 130 valence electrons. The summed E-state index contributed by atoms with van der Waals surface area (Å²) in [7, 11) is 0. The van der Waals surface area contributed by atoms with Gasteiger partial charge in [-0.15, -0.1) is 0 Å². The summed E-state index contributed by atoms with van der Waals surface area (Å²) in [5.74, 6) is 1.21. The van der Waals surface area contributed by atoms with Crippen molar-refractivity contribution < 1.29 is 0 Å². The molecule has 0 fully saturated rings. The van der Waals surface area contributed by atoms with Crippen LogP contribution in [0.15, 0.2) is 24.9 Å². The summed E-state index contributed by atoms with van der Waals surface area (Å²) < 4.78 is 0. The van der Waals surface area contributed by atoms with E-state index in [0.717, 1.165) is 48.1 Å². The molecule has 1 atom stereocenters. The van der Waals surface area contributed by atoms with E-state index in [1.807, 2.05) is 12.3 Å². The standard InChI is InChI=1S/C18H23N7/c1-11(2)18-19-6-4-13(24-18)8-25-7-5-14-16(23-10-21-14)17(25)15-12(3)20-9-22-15/h4,6,9-11,17H,5,7-8H2,1-3H3,(H,20,22)(H,21,23)/t17-/m1/s1. The maximum atomic E-state index is 4.74. The van der Waals surface area contributed by atoms with Crippen molar-refractivity contribution in [2.45, 2.75) is 45.7 Å². The van der Waals surface area contributed by atoms with Gasteiger partial charge in [0.1, 0.15) is 5.82 Å². The molecule has 0 saturated heterocycles. The normalized spacial score (nSPS) is 17.8. The number of aryl methyl sites for hydroxylation is 1. The molecule has 0 amide bonds. The molecule has 0 spiro atoms. The van der Waals surface area contributed by atoms with Crippen molar-refractivity contribution in [3.63, 3.8) is 0 Å². The van der Waals surface area contributed by atoms with E-state index in [1.165, 1.54) is 5.69 Å². The molecular formula is C18H23N7. The molecule has 25 heavy (non-hydrogen) atoms. The summed E-state index contributed by atoms with van der Waals surface area (Å²) in [5, 5.41) is 0. The second-order valence-corrected chi connectivity index (χ2v) is 6.86. The second-order valence-electron chi connectivity index (χ2n) is 6.86. The molecular weight excluding hydrogens is 314 g/mol. The quantitative estimate of drug-likeness (QED) is 0.764. The lowest BCUT2D eigenvalue weighted by Crippen LogP contribution is -2.36. The van der Waals surface area contributed by atoms with E-state index in [9.17, 15) is 0 Å². The van der Waals surface area contributed by atoms with Gasteiger partial charge in [0.2, 0.25) is 0 Å². The Morgan fingerprint density at radius 3 is 2.72 bits per heavy atom. The Kier molecular flexibility index (Phi) is 4.09. The lowest BCUT2D eigenvalue weighted by Gasteiger charge is -2.34. The molecule has 1 aliphatic rings. The van der Waals surface area contributed by atoms with Crippen molar-refractivity contribution in [2.75, 3.05) is 6.54 Å². The van der Waals surface area contributed by atoms with Gasteiger partial charge in [-0.2, -0.15) is 0 Å². The van der Waals surface area contributed by atoms with Gasteiger partial charge in [-0.3, -0.25) is 4.90 Å². The Bertz CT molecular complexity index is 864. The maximum absolute atomic E-state index is 4.74. The molecule has 1 aliphatic heterocycles. The average molecular weight is 337 g/mol. The molecule has 0 saturated carbocycles. The van der Waals surface area contributed by atoms with Crippen LogP contribution in [0.25, 0.3) is 0 Å². The van der Waals surface area contributed by atoms with Gasteiger partial charge in [0.25, 0.3) is 0 Å². The van der Waals surface area contributed by atoms with Crippen LogP contribution in [0.5, 0.6) is 0 Å². The summed E-state index contributed by atoms with van der Waals surface area (Å²) in [6.45, 7) is 7.99. The first-order valence-electron chi connectivity index (χ1n) is 8.71. The van der Waals surface area contributed by atoms with Crippen LogP contribution in [0.2, 0.25) is 0 Å². The number of nitrogens with zero attached hydrogens (tertiary/aromatic N) is 5. The molecule has 4 heterocycles. The zero-order valence-electron chi connectivity index (χ0n) is 14.8. The number of aromatic nitrogens is 6. The first-order chi connectivity index (χ1) is 12.1. The number of H-pyrrole nitrogens is 2. The number of imidazole rings is 2. The van der Waals surface area contributed by atoms with Crippen LogP contribution in [0, 0.1) is 6.92 Å². The van der Waals surface area contributed by atoms with Crippen molar-refractivity contribution in [2.24, 2.45) is 0 Å². The summed E-state index contributed by atoms with van der Waals surface area (Å²) in [5.41, 5.74) is 5.42. The molecule has 0 aromatic carbocycles. The number of rotatable bonds is 4. The van der Waals surface area contributed by atoms with Crippen molar-refractivity contribution in [1.82, 2.24) is 34.8 Å². The van der Waals surface area contributed by atoms with Crippen molar-refractivity contribution in [1.29, 1.82) is 0 Å². The molecule has 3 aromatic heterocycles. The first kappa shape index (κ1) is 16.0. The molecule has 7 nitrogen and oxygen atoms in total. The van der Waals surface area contributed by atoms with E-state index in [-0.39, 0.29) is 6.04 Å². The summed E-state index contributed by atoms with van der Waals surface area (Å²) >= 11 is 0. The van der Waals surface area contributed by atoms with Crippen molar-refractivity contribution in [3.05, 3.63) is 59.2 Å². The van der Waals surface area contributed by atoms with Crippen LogP contribution in [0.3, 0.4) is 0 Å². The summed E-state index contributed by atoms with van der Waals surface area (Å²) in [4.78, 5) is 27.2. The van der Waals surface area contributed by atoms with Gasteiger partial charge in [0.15, 0.2) is 0 Å². The highest BCUT2D eigenvalue weighted by atomic mass is 15.2. The van der Waals surface area contributed by atoms with E-state index in [0.29, 0.717) is 5.92 Å². The van der Waals surface area contributed by atoms with Gasteiger partial charge >= 0.3 is 0 Å². The van der Waals surface area contributed by atoms with Gasteiger partial charge in [0, 0.05) is 43.0 Å². The first-order valence-corrected chi connectivity index (χ1v) is 8.71. The minimum atomic E-state index is 0.0405. The fourth-order valence-corrected chi connectivity index (χ4v) is 3.43. The molecule has 4 rings (SSSR count). The van der Waals surface area contributed by atoms with Crippen LogP contribution in [-0.2, 0) is 13.0 Å². The SMILES string of the molecule is Cc1[nH]cnc1[C@@H]1c2nc[nH]c2CCN1Cc1ccnc(C(C)C)n1. The molecule has 0 bridgehead atoms. The van der Waals surface area contributed by atoms with Gasteiger partial charge in [-0.1, -0.05) is 13.8 Å². The lowest BCUT2D eigenvalue weighted by molar-refractivity contribution is 0.194. The van der Waals surface area contributed by atoms with Gasteiger partial charge in [0.05, 0.1) is 35.8 Å². The Morgan fingerprint density at radius 2 is 1.96 bits per heavy atom. The minimum Gasteiger partial charge on any atom is -0.348 e. The third kappa shape index (κ3) is 2.95. The highest BCUT2D eigenvalue weighted by Crippen LogP contribution is 2.34. The zero-order valence-corrected chi connectivity index (χ0v) is 14.8. The zero-order chi connectivity index (χ0) is 17.4. The summed E-state index contributed by atoms with van der Waals surface area (Å²) in [6.07, 6.45) is 6.35. The Hall–Kier alpha value is -2.54. The number of fused-ring (bicyclic) bond motifs is 1. The van der Waals surface area contributed by atoms with Gasteiger partial charge in [-0.25, -0.2) is 19.9 Å². The number of hydrogen-bond acceptors (Lipinski definition) is 5. The largest absolute Gasteiger partial charge is 0.348 e. The molecule has 2 N–H and O–H groups in total. The fourth-order valence-electron chi connectivity index (χ4n) is 3.43. The average Bonchev–Trinajstić information content (AvgIpc) is 3.24. The third-order valence-corrected chi connectivity index (χ3v) is 4.77. The molecule has 3 aromatic rings. The lowest BCUT2D eigenvalue weighted by atomic mass is 9.98. The molecule has 0 unspecified atom stereocenters. The number of hydrogen-bond donors (Lipinski definition) is 2. The summed E-state index contributed by atoms with van der Waals surface area (Å²) in [6, 6.07) is 2.04. The van der Waals surface area contributed by atoms with Crippen LogP contribution < -0.4 is 0 Å². The Labute approximate surface area is 147 Å². The van der Waals surface area contributed by atoms with Crippen LogP contribution >= 0.6 is 0 Å². The third-order valence-electron chi connectivity index (χ3n) is 4.77. The van der Waals surface area contributed by atoms with E-state index in [2.05, 4.69) is 50.6 Å². The van der Waals surface area contributed by atoms with Gasteiger partial charge < -0.3 is 9.97 Å². The van der Waals surface area contributed by atoms with Crippen LogP contribution in [-0.4, -0.2) is 41.3 Å². The van der Waals surface area contributed by atoms with Gasteiger partial charge in [-0.05, 0) is 13.0 Å². The highest BCUT2D eigenvalue weighted by Gasteiger charge is 2.33. The fraction of sp³-hybridized carbons (Fsp3) is 0.444. The second kappa shape index (κ2) is 6.40. The Balaban J connectivity index is 1.69. The van der Waals surface area contributed by atoms with Crippen molar-refractivity contribution in [3.8, 4) is 0 Å². The van der Waals surface area contributed by atoms with Crippen LogP contribution in [0.1, 0.15) is 60.1 Å². The molecule has 7 heteroatoms. The predicted octanol–water partition coefficient (Wildman–Crippen LogP) is 2.50. The predicted molar refractivity (Wildman–Crippen MR) is 94.0 cm³/mol. The number of nitrogens with one attached hydrogen (secondary N) is 2. The molecule has 0 aliphatic carbocycles. The van der Waals surface area contributed by atoms with E-state index >= 15 is 0 Å². The molecule has 0 radical (unpaired) electrons.